The van der Waals surface area contributed by atoms with Gasteiger partial charge in [-0.15, -0.1) is 0 Å². The van der Waals surface area contributed by atoms with Crippen molar-refractivity contribution < 1.29 is 4.74 Å². The molecule has 0 radical (unpaired) electrons. The minimum Gasteiger partial charge on any atom is -0.371 e. The normalized spacial score (nSPS) is 25.4. The third kappa shape index (κ3) is 4.41. The zero-order chi connectivity index (χ0) is 11.5. The fourth-order valence-electron chi connectivity index (χ4n) is 2.14. The summed E-state index contributed by atoms with van der Waals surface area (Å²) < 4.78 is 6.02. The van der Waals surface area contributed by atoms with E-state index in [4.69, 9.17) is 4.74 Å². The smallest absolute Gasteiger partial charge is 0.0710 e. The number of ether oxygens (including phenoxy) is 1. The van der Waals surface area contributed by atoms with E-state index < -0.39 is 0 Å². The van der Waals surface area contributed by atoms with Gasteiger partial charge in [-0.25, -0.2) is 0 Å². The summed E-state index contributed by atoms with van der Waals surface area (Å²) in [6.45, 7) is 11.1. The Hall–Kier alpha value is 0.400. The highest BCUT2D eigenvalue weighted by atomic mass is 79.9. The Bertz CT molecular complexity index is 194. The Morgan fingerprint density at radius 1 is 1.47 bits per heavy atom. The standard InChI is InChI=1S/C12H24BrNO/c1-10(2)14(8-7-13)9-11-5-6-12(3,4)15-11/h10-11H,5-9H2,1-4H3. The summed E-state index contributed by atoms with van der Waals surface area (Å²) in [4.78, 5) is 2.49. The van der Waals surface area contributed by atoms with Crippen molar-refractivity contribution in [2.24, 2.45) is 0 Å². The van der Waals surface area contributed by atoms with Crippen LogP contribution in [0.25, 0.3) is 0 Å². The fourth-order valence-corrected chi connectivity index (χ4v) is 2.59. The minimum atomic E-state index is 0.0989. The number of hydrogen-bond acceptors (Lipinski definition) is 2. The van der Waals surface area contributed by atoms with Crippen molar-refractivity contribution in [1.82, 2.24) is 4.90 Å². The summed E-state index contributed by atoms with van der Waals surface area (Å²) >= 11 is 3.51. The van der Waals surface area contributed by atoms with Crippen LogP contribution in [-0.2, 0) is 4.74 Å². The molecular formula is C12H24BrNO. The van der Waals surface area contributed by atoms with E-state index in [0.29, 0.717) is 12.1 Å². The van der Waals surface area contributed by atoms with Crippen LogP contribution in [0.5, 0.6) is 0 Å². The lowest BCUT2D eigenvalue weighted by Crippen LogP contribution is -2.39. The molecule has 3 heteroatoms. The quantitative estimate of drug-likeness (QED) is 0.717. The molecular weight excluding hydrogens is 254 g/mol. The molecule has 1 fully saturated rings. The Labute approximate surface area is 102 Å². The molecule has 15 heavy (non-hydrogen) atoms. The van der Waals surface area contributed by atoms with Crippen LogP contribution in [0, 0.1) is 0 Å². The van der Waals surface area contributed by atoms with Crippen LogP contribution < -0.4 is 0 Å². The van der Waals surface area contributed by atoms with Crippen LogP contribution in [0.1, 0.15) is 40.5 Å². The van der Waals surface area contributed by atoms with Crippen LogP contribution in [0.2, 0.25) is 0 Å². The van der Waals surface area contributed by atoms with E-state index in [1.165, 1.54) is 12.8 Å². The molecule has 0 amide bonds. The van der Waals surface area contributed by atoms with Gasteiger partial charge in [0.1, 0.15) is 0 Å². The molecule has 1 heterocycles. The van der Waals surface area contributed by atoms with E-state index in [1.807, 2.05) is 0 Å². The van der Waals surface area contributed by atoms with Crippen molar-refractivity contribution in [3.63, 3.8) is 0 Å². The second-order valence-corrected chi connectivity index (χ2v) is 6.11. The van der Waals surface area contributed by atoms with Crippen molar-refractivity contribution in [1.29, 1.82) is 0 Å². The van der Waals surface area contributed by atoms with Gasteiger partial charge in [0.15, 0.2) is 0 Å². The van der Waals surface area contributed by atoms with Crippen LogP contribution in [-0.4, -0.2) is 41.1 Å². The molecule has 1 atom stereocenters. The molecule has 0 aromatic carbocycles. The largest absolute Gasteiger partial charge is 0.371 e. The molecule has 0 bridgehead atoms. The van der Waals surface area contributed by atoms with E-state index in [0.717, 1.165) is 18.4 Å². The van der Waals surface area contributed by atoms with E-state index in [1.54, 1.807) is 0 Å². The number of alkyl halides is 1. The lowest BCUT2D eigenvalue weighted by atomic mass is 10.1. The number of halogens is 1. The minimum absolute atomic E-state index is 0.0989. The summed E-state index contributed by atoms with van der Waals surface area (Å²) in [6, 6.07) is 0.606. The van der Waals surface area contributed by atoms with Gasteiger partial charge in [-0.3, -0.25) is 4.90 Å². The Balaban J connectivity index is 2.39. The maximum atomic E-state index is 6.02. The van der Waals surface area contributed by atoms with Crippen LogP contribution in [0.15, 0.2) is 0 Å². The fraction of sp³-hybridized carbons (Fsp3) is 1.00. The van der Waals surface area contributed by atoms with Gasteiger partial charge in [0.25, 0.3) is 0 Å². The molecule has 1 aliphatic heterocycles. The summed E-state index contributed by atoms with van der Waals surface area (Å²) in [7, 11) is 0. The lowest BCUT2D eigenvalue weighted by Gasteiger charge is -2.29. The van der Waals surface area contributed by atoms with Gasteiger partial charge in [0, 0.05) is 24.5 Å². The third-order valence-corrected chi connectivity index (χ3v) is 3.45. The highest BCUT2D eigenvalue weighted by molar-refractivity contribution is 9.09. The van der Waals surface area contributed by atoms with E-state index in [2.05, 4.69) is 48.5 Å². The van der Waals surface area contributed by atoms with Crippen molar-refractivity contribution in [3.05, 3.63) is 0 Å². The molecule has 0 aromatic rings. The summed E-state index contributed by atoms with van der Waals surface area (Å²) in [5.41, 5.74) is 0.0989. The predicted molar refractivity (Wildman–Crippen MR) is 68.7 cm³/mol. The first-order valence-corrected chi connectivity index (χ1v) is 7.04. The van der Waals surface area contributed by atoms with Crippen molar-refractivity contribution in [3.8, 4) is 0 Å². The first-order valence-electron chi connectivity index (χ1n) is 5.92. The summed E-state index contributed by atoms with van der Waals surface area (Å²) in [5, 5.41) is 1.04. The van der Waals surface area contributed by atoms with Gasteiger partial charge in [0.2, 0.25) is 0 Å². The van der Waals surface area contributed by atoms with Crippen LogP contribution in [0.3, 0.4) is 0 Å². The van der Waals surface area contributed by atoms with Gasteiger partial charge in [-0.1, -0.05) is 15.9 Å². The molecule has 0 spiro atoms. The average Bonchev–Trinajstić information content (AvgIpc) is 2.44. The van der Waals surface area contributed by atoms with E-state index >= 15 is 0 Å². The molecule has 0 aliphatic carbocycles. The van der Waals surface area contributed by atoms with E-state index in [9.17, 15) is 0 Å². The summed E-state index contributed by atoms with van der Waals surface area (Å²) in [5.74, 6) is 0. The van der Waals surface area contributed by atoms with Crippen molar-refractivity contribution in [2.45, 2.75) is 58.3 Å². The molecule has 0 N–H and O–H groups in total. The Morgan fingerprint density at radius 3 is 2.53 bits per heavy atom. The van der Waals surface area contributed by atoms with Gasteiger partial charge in [-0.2, -0.15) is 0 Å². The van der Waals surface area contributed by atoms with Crippen molar-refractivity contribution >= 4 is 15.9 Å². The molecule has 2 nitrogen and oxygen atoms in total. The average molecular weight is 278 g/mol. The highest BCUT2D eigenvalue weighted by Crippen LogP contribution is 2.29. The van der Waals surface area contributed by atoms with Gasteiger partial charge < -0.3 is 4.74 Å². The predicted octanol–water partition coefficient (Wildman–Crippen LogP) is 3.05. The maximum absolute atomic E-state index is 6.02. The molecule has 90 valence electrons. The number of rotatable bonds is 5. The van der Waals surface area contributed by atoms with Gasteiger partial charge in [0.05, 0.1) is 11.7 Å². The summed E-state index contributed by atoms with van der Waals surface area (Å²) in [6.07, 6.45) is 2.83. The lowest BCUT2D eigenvalue weighted by molar-refractivity contribution is -0.0312. The molecule has 1 unspecified atom stereocenters. The van der Waals surface area contributed by atoms with E-state index in [-0.39, 0.29) is 5.60 Å². The first-order chi connectivity index (χ1) is 6.94. The van der Waals surface area contributed by atoms with Crippen molar-refractivity contribution in [2.75, 3.05) is 18.4 Å². The molecule has 1 aliphatic rings. The van der Waals surface area contributed by atoms with Crippen LogP contribution in [0.4, 0.5) is 0 Å². The zero-order valence-corrected chi connectivity index (χ0v) is 12.0. The molecule has 0 saturated carbocycles. The highest BCUT2D eigenvalue weighted by Gasteiger charge is 2.32. The topological polar surface area (TPSA) is 12.5 Å². The van der Waals surface area contributed by atoms with Crippen LogP contribution >= 0.6 is 15.9 Å². The maximum Gasteiger partial charge on any atom is 0.0710 e. The molecule has 1 rings (SSSR count). The monoisotopic (exact) mass is 277 g/mol. The zero-order valence-electron chi connectivity index (χ0n) is 10.4. The Morgan fingerprint density at radius 2 is 2.13 bits per heavy atom. The first kappa shape index (κ1) is 13.5. The molecule has 0 aromatic heterocycles. The SMILES string of the molecule is CC(C)N(CCBr)CC1CCC(C)(C)O1. The van der Waals surface area contributed by atoms with Gasteiger partial charge in [-0.05, 0) is 40.5 Å². The Kier molecular flexibility index (Phi) is 5.07. The third-order valence-electron chi connectivity index (χ3n) is 3.09. The second-order valence-electron chi connectivity index (χ2n) is 5.32. The second kappa shape index (κ2) is 5.65. The number of hydrogen-bond donors (Lipinski definition) is 0. The number of nitrogens with zero attached hydrogens (tertiary/aromatic N) is 1. The van der Waals surface area contributed by atoms with Gasteiger partial charge >= 0.3 is 0 Å². The molecule has 1 saturated heterocycles.